The van der Waals surface area contributed by atoms with Crippen LogP contribution in [0, 0.1) is 0 Å². The first-order chi connectivity index (χ1) is 12.8. The van der Waals surface area contributed by atoms with Gasteiger partial charge in [-0.05, 0) is 51.4 Å². The third-order valence-corrected chi connectivity index (χ3v) is 4.19. The summed E-state index contributed by atoms with van der Waals surface area (Å²) < 4.78 is 0. The molecule has 2 heteroatoms. The van der Waals surface area contributed by atoms with Gasteiger partial charge in [-0.25, -0.2) is 0 Å². The maximum absolute atomic E-state index is 10.0. The van der Waals surface area contributed by atoms with Crippen molar-refractivity contribution in [3.63, 3.8) is 0 Å². The Bertz CT molecular complexity index is 286. The SMILES string of the molecule is CC/C=C/CCCCCCCC=O.CC/C=C\CCCCCCCC=O. The van der Waals surface area contributed by atoms with Gasteiger partial charge in [0.2, 0.25) is 0 Å². The predicted octanol–water partition coefficient (Wildman–Crippen LogP) is 7.76. The summed E-state index contributed by atoms with van der Waals surface area (Å²) in [6.45, 7) is 4.33. The third kappa shape index (κ3) is 30.7. The molecule has 0 N–H and O–H groups in total. The molecule has 0 bridgehead atoms. The molecule has 0 spiro atoms. The molecule has 152 valence electrons. The van der Waals surface area contributed by atoms with Crippen molar-refractivity contribution < 1.29 is 9.59 Å². The molecule has 0 heterocycles. The molecule has 0 radical (unpaired) electrons. The lowest BCUT2D eigenvalue weighted by Gasteiger charge is -1.96. The first-order valence-corrected chi connectivity index (χ1v) is 11.0. The van der Waals surface area contributed by atoms with E-state index in [2.05, 4.69) is 38.2 Å². The van der Waals surface area contributed by atoms with Crippen molar-refractivity contribution in [3.05, 3.63) is 24.3 Å². The Labute approximate surface area is 163 Å². The second-order valence-electron chi connectivity index (χ2n) is 6.78. The van der Waals surface area contributed by atoms with Gasteiger partial charge in [0.25, 0.3) is 0 Å². The topological polar surface area (TPSA) is 34.1 Å². The third-order valence-electron chi connectivity index (χ3n) is 4.19. The number of hydrogen-bond donors (Lipinski definition) is 0. The molecule has 0 atom stereocenters. The van der Waals surface area contributed by atoms with Crippen LogP contribution < -0.4 is 0 Å². The Morgan fingerprint density at radius 3 is 1.04 bits per heavy atom. The summed E-state index contributed by atoms with van der Waals surface area (Å²) in [5.74, 6) is 0. The molecule has 0 aromatic rings. The molecule has 0 amide bonds. The summed E-state index contributed by atoms with van der Waals surface area (Å²) in [6, 6.07) is 0. The number of aldehydes is 2. The number of allylic oxidation sites excluding steroid dienone is 4. The highest BCUT2D eigenvalue weighted by Crippen LogP contribution is 2.07. The van der Waals surface area contributed by atoms with Gasteiger partial charge in [0.1, 0.15) is 12.6 Å². The Kier molecular flexibility index (Phi) is 29.8. The van der Waals surface area contributed by atoms with Gasteiger partial charge in [0.05, 0.1) is 0 Å². The van der Waals surface area contributed by atoms with Crippen LogP contribution in [0.1, 0.15) is 117 Å². The maximum atomic E-state index is 10.0. The molecule has 2 nitrogen and oxygen atoms in total. The van der Waals surface area contributed by atoms with E-state index in [1.165, 1.54) is 64.2 Å². The van der Waals surface area contributed by atoms with Crippen LogP contribution in [0.3, 0.4) is 0 Å². The van der Waals surface area contributed by atoms with Crippen molar-refractivity contribution in [1.82, 2.24) is 0 Å². The van der Waals surface area contributed by atoms with Crippen LogP contribution in [0.4, 0.5) is 0 Å². The normalized spacial score (nSPS) is 10.8. The lowest BCUT2D eigenvalue weighted by molar-refractivity contribution is -0.108. The molecule has 0 saturated carbocycles. The van der Waals surface area contributed by atoms with Crippen molar-refractivity contribution >= 4 is 12.6 Å². The number of carbonyl (C=O) groups excluding carboxylic acids is 2. The van der Waals surface area contributed by atoms with Crippen molar-refractivity contribution in [2.45, 2.75) is 117 Å². The first-order valence-electron chi connectivity index (χ1n) is 11.0. The molecule has 0 aromatic carbocycles. The maximum Gasteiger partial charge on any atom is 0.119 e. The first kappa shape index (κ1) is 27.0. The highest BCUT2D eigenvalue weighted by molar-refractivity contribution is 5.49. The van der Waals surface area contributed by atoms with Gasteiger partial charge in [0, 0.05) is 12.8 Å². The van der Waals surface area contributed by atoms with E-state index < -0.39 is 0 Å². The Morgan fingerprint density at radius 1 is 0.423 bits per heavy atom. The van der Waals surface area contributed by atoms with E-state index in [1.54, 1.807) is 0 Å². The molecule has 0 aromatic heterocycles. The van der Waals surface area contributed by atoms with Crippen LogP contribution in [0.25, 0.3) is 0 Å². The largest absolute Gasteiger partial charge is 0.303 e. The second kappa shape index (κ2) is 28.6. The second-order valence-corrected chi connectivity index (χ2v) is 6.78. The number of hydrogen-bond acceptors (Lipinski definition) is 2. The fourth-order valence-corrected chi connectivity index (χ4v) is 2.61. The molecule has 0 unspecified atom stereocenters. The van der Waals surface area contributed by atoms with Crippen molar-refractivity contribution in [1.29, 1.82) is 0 Å². The van der Waals surface area contributed by atoms with Crippen molar-refractivity contribution in [2.24, 2.45) is 0 Å². The molecule has 0 saturated heterocycles. The van der Waals surface area contributed by atoms with Crippen molar-refractivity contribution in [3.8, 4) is 0 Å². The molecule has 26 heavy (non-hydrogen) atoms. The smallest absolute Gasteiger partial charge is 0.119 e. The Hall–Kier alpha value is -1.18. The lowest BCUT2D eigenvalue weighted by atomic mass is 10.1. The zero-order chi connectivity index (χ0) is 19.6. The van der Waals surface area contributed by atoms with Crippen LogP contribution in [-0.4, -0.2) is 12.6 Å². The van der Waals surface area contributed by atoms with E-state index in [4.69, 9.17) is 0 Å². The Morgan fingerprint density at radius 2 is 0.731 bits per heavy atom. The summed E-state index contributed by atoms with van der Waals surface area (Å²) in [5, 5.41) is 0. The van der Waals surface area contributed by atoms with Gasteiger partial charge in [-0.15, -0.1) is 0 Å². The minimum absolute atomic E-state index is 0.746. The average Bonchev–Trinajstić information content (AvgIpc) is 2.66. The van der Waals surface area contributed by atoms with E-state index >= 15 is 0 Å². The highest BCUT2D eigenvalue weighted by Gasteiger charge is 1.89. The van der Waals surface area contributed by atoms with Gasteiger partial charge in [-0.1, -0.05) is 76.7 Å². The lowest BCUT2D eigenvalue weighted by Crippen LogP contribution is -1.80. The quantitative estimate of drug-likeness (QED) is 0.141. The minimum Gasteiger partial charge on any atom is -0.303 e. The molecule has 0 fully saturated rings. The molecule has 0 aliphatic carbocycles. The van der Waals surface area contributed by atoms with E-state index in [-0.39, 0.29) is 0 Å². The van der Waals surface area contributed by atoms with Gasteiger partial charge < -0.3 is 9.59 Å². The molecule has 0 rings (SSSR count). The molecular weight excluding hydrogens is 320 g/mol. The monoisotopic (exact) mass is 364 g/mol. The summed E-state index contributed by atoms with van der Waals surface area (Å²) in [6.07, 6.45) is 29.7. The number of unbranched alkanes of at least 4 members (excludes halogenated alkanes) is 12. The summed E-state index contributed by atoms with van der Waals surface area (Å²) in [7, 11) is 0. The molecule has 0 aliphatic heterocycles. The van der Waals surface area contributed by atoms with Gasteiger partial charge in [0.15, 0.2) is 0 Å². The zero-order valence-corrected chi connectivity index (χ0v) is 17.6. The highest BCUT2D eigenvalue weighted by atomic mass is 16.1. The molecular formula is C24H44O2. The summed E-state index contributed by atoms with van der Waals surface area (Å²) >= 11 is 0. The van der Waals surface area contributed by atoms with Crippen LogP contribution in [0.15, 0.2) is 24.3 Å². The van der Waals surface area contributed by atoms with Crippen molar-refractivity contribution in [2.75, 3.05) is 0 Å². The standard InChI is InChI=1S/2C12H22O/c2*1-2-3-4-5-6-7-8-9-10-11-12-13/h2*3-4,12H,2,5-11H2,1H3/b4-3+;4-3-. The van der Waals surface area contributed by atoms with Crippen LogP contribution in [-0.2, 0) is 9.59 Å². The van der Waals surface area contributed by atoms with Crippen LogP contribution >= 0.6 is 0 Å². The predicted molar refractivity (Wildman–Crippen MR) is 116 cm³/mol. The number of rotatable bonds is 18. The minimum atomic E-state index is 0.746. The van der Waals surface area contributed by atoms with Gasteiger partial charge >= 0.3 is 0 Å². The van der Waals surface area contributed by atoms with E-state index in [1.807, 2.05) is 0 Å². The fourth-order valence-electron chi connectivity index (χ4n) is 2.61. The Balaban J connectivity index is 0. The van der Waals surface area contributed by atoms with Gasteiger partial charge in [-0.3, -0.25) is 0 Å². The summed E-state index contributed by atoms with van der Waals surface area (Å²) in [5.41, 5.74) is 0. The van der Waals surface area contributed by atoms with Crippen LogP contribution in [0.2, 0.25) is 0 Å². The summed E-state index contributed by atoms with van der Waals surface area (Å²) in [4.78, 5) is 20.0. The average molecular weight is 365 g/mol. The van der Waals surface area contributed by atoms with Crippen LogP contribution in [0.5, 0.6) is 0 Å². The van der Waals surface area contributed by atoms with E-state index in [0.29, 0.717) is 0 Å². The van der Waals surface area contributed by atoms with E-state index in [9.17, 15) is 9.59 Å². The fraction of sp³-hybridized carbons (Fsp3) is 0.750. The number of carbonyl (C=O) groups is 2. The molecule has 0 aliphatic rings. The van der Waals surface area contributed by atoms with Gasteiger partial charge in [-0.2, -0.15) is 0 Å². The zero-order valence-electron chi connectivity index (χ0n) is 17.6. The van der Waals surface area contributed by atoms with E-state index in [0.717, 1.165) is 51.1 Å².